The first-order valence-electron chi connectivity index (χ1n) is 7.84. The van der Waals surface area contributed by atoms with Crippen LogP contribution in [0.25, 0.3) is 0 Å². The summed E-state index contributed by atoms with van der Waals surface area (Å²) in [5, 5.41) is 3.35. The van der Waals surface area contributed by atoms with Crippen molar-refractivity contribution in [3.8, 4) is 0 Å². The van der Waals surface area contributed by atoms with Crippen molar-refractivity contribution >= 4 is 18.3 Å². The van der Waals surface area contributed by atoms with E-state index in [-0.39, 0.29) is 24.1 Å². The van der Waals surface area contributed by atoms with Crippen LogP contribution in [-0.2, 0) is 11.2 Å². The zero-order valence-corrected chi connectivity index (χ0v) is 14.0. The lowest BCUT2D eigenvalue weighted by atomic mass is 9.93. The topological polar surface area (TPSA) is 32.3 Å². The molecule has 0 radical (unpaired) electrons. The maximum Gasteiger partial charge on any atom is 0.222 e. The molecule has 124 valence electrons. The molecule has 0 aromatic heterocycles. The zero-order valence-electron chi connectivity index (χ0n) is 13.2. The first-order chi connectivity index (χ1) is 10.1. The molecule has 1 heterocycles. The molecule has 1 amide bonds. The van der Waals surface area contributed by atoms with Crippen molar-refractivity contribution in [2.75, 3.05) is 26.7 Å². The van der Waals surface area contributed by atoms with Crippen LogP contribution in [0.2, 0.25) is 0 Å². The predicted octanol–water partition coefficient (Wildman–Crippen LogP) is 3.03. The Kier molecular flexibility index (Phi) is 8.43. The van der Waals surface area contributed by atoms with Gasteiger partial charge in [-0.1, -0.05) is 12.1 Å². The summed E-state index contributed by atoms with van der Waals surface area (Å²) < 4.78 is 12.8. The Labute approximate surface area is 138 Å². The molecule has 1 aliphatic heterocycles. The molecular formula is C17H26ClFN2O. The number of amides is 1. The lowest BCUT2D eigenvalue weighted by molar-refractivity contribution is -0.130. The molecule has 1 fully saturated rings. The summed E-state index contributed by atoms with van der Waals surface area (Å²) in [6.07, 6.45) is 4.79. The molecule has 0 unspecified atom stereocenters. The van der Waals surface area contributed by atoms with Gasteiger partial charge < -0.3 is 10.2 Å². The van der Waals surface area contributed by atoms with Crippen LogP contribution in [-0.4, -0.2) is 37.5 Å². The molecule has 1 aromatic rings. The highest BCUT2D eigenvalue weighted by molar-refractivity contribution is 5.85. The first-order valence-corrected chi connectivity index (χ1v) is 7.84. The van der Waals surface area contributed by atoms with Crippen molar-refractivity contribution < 1.29 is 9.18 Å². The Hall–Kier alpha value is -1.13. The van der Waals surface area contributed by atoms with E-state index in [1.54, 1.807) is 17.0 Å². The van der Waals surface area contributed by atoms with Crippen LogP contribution in [0.5, 0.6) is 0 Å². The highest BCUT2D eigenvalue weighted by atomic mass is 35.5. The van der Waals surface area contributed by atoms with Crippen LogP contribution in [0, 0.1) is 11.7 Å². The van der Waals surface area contributed by atoms with Crippen LogP contribution in [0.1, 0.15) is 31.2 Å². The van der Waals surface area contributed by atoms with E-state index in [4.69, 9.17) is 0 Å². The predicted molar refractivity (Wildman–Crippen MR) is 89.8 cm³/mol. The molecule has 0 spiro atoms. The number of nitrogens with one attached hydrogen (secondary N) is 1. The van der Waals surface area contributed by atoms with Crippen LogP contribution in [0.3, 0.4) is 0 Å². The van der Waals surface area contributed by atoms with E-state index in [9.17, 15) is 9.18 Å². The summed E-state index contributed by atoms with van der Waals surface area (Å²) in [5.74, 6) is 0.696. The number of piperidine rings is 1. The largest absolute Gasteiger partial charge is 0.345 e. The van der Waals surface area contributed by atoms with Crippen molar-refractivity contribution in [1.29, 1.82) is 0 Å². The summed E-state index contributed by atoms with van der Waals surface area (Å²) in [7, 11) is 1.86. The number of benzene rings is 1. The standard InChI is InChI=1S/C17H25FN2O.ClH/c1-20(13-10-14-2-5-16(18)6-3-14)17(21)7-4-15-8-11-19-12-9-15;/h2-3,5-6,15,19H,4,7-13H2,1H3;1H. The van der Waals surface area contributed by atoms with Gasteiger partial charge in [0.05, 0.1) is 0 Å². The van der Waals surface area contributed by atoms with Crippen LogP contribution >= 0.6 is 12.4 Å². The second-order valence-electron chi connectivity index (χ2n) is 5.92. The smallest absolute Gasteiger partial charge is 0.222 e. The molecule has 0 aliphatic carbocycles. The maximum atomic E-state index is 12.8. The molecule has 1 aromatic carbocycles. The number of rotatable bonds is 6. The number of hydrogen-bond acceptors (Lipinski definition) is 2. The van der Waals surface area contributed by atoms with Gasteiger partial charge in [0, 0.05) is 20.0 Å². The summed E-state index contributed by atoms with van der Waals surface area (Å²) >= 11 is 0. The molecule has 22 heavy (non-hydrogen) atoms. The van der Waals surface area contributed by atoms with Crippen molar-refractivity contribution in [3.05, 3.63) is 35.6 Å². The lowest BCUT2D eigenvalue weighted by Crippen LogP contribution is -2.31. The van der Waals surface area contributed by atoms with Crippen LogP contribution < -0.4 is 5.32 Å². The molecular weight excluding hydrogens is 303 g/mol. The number of likely N-dealkylation sites (N-methyl/N-ethyl adjacent to an activating group) is 1. The van der Waals surface area contributed by atoms with Gasteiger partial charge in [-0.3, -0.25) is 4.79 Å². The SMILES string of the molecule is CN(CCc1ccc(F)cc1)C(=O)CCC1CCNCC1.Cl. The molecule has 3 nitrogen and oxygen atoms in total. The van der Waals surface area contributed by atoms with Crippen LogP contribution in [0.4, 0.5) is 4.39 Å². The van der Waals surface area contributed by atoms with Crippen molar-refractivity contribution in [2.24, 2.45) is 5.92 Å². The normalized spacial score (nSPS) is 15.2. The fourth-order valence-corrected chi connectivity index (χ4v) is 2.76. The minimum Gasteiger partial charge on any atom is -0.345 e. The van der Waals surface area contributed by atoms with E-state index >= 15 is 0 Å². The van der Waals surface area contributed by atoms with Gasteiger partial charge >= 0.3 is 0 Å². The van der Waals surface area contributed by atoms with E-state index in [2.05, 4.69) is 5.32 Å². The van der Waals surface area contributed by atoms with Crippen molar-refractivity contribution in [1.82, 2.24) is 10.2 Å². The average molecular weight is 329 g/mol. The van der Waals surface area contributed by atoms with Gasteiger partial charge in [-0.25, -0.2) is 4.39 Å². The highest BCUT2D eigenvalue weighted by Crippen LogP contribution is 2.18. The quantitative estimate of drug-likeness (QED) is 0.870. The second-order valence-corrected chi connectivity index (χ2v) is 5.92. The highest BCUT2D eigenvalue weighted by Gasteiger charge is 2.16. The van der Waals surface area contributed by atoms with Crippen LogP contribution in [0.15, 0.2) is 24.3 Å². The molecule has 0 saturated carbocycles. The molecule has 5 heteroatoms. The number of carbonyl (C=O) groups excluding carboxylic acids is 1. The molecule has 0 bridgehead atoms. The van der Waals surface area contributed by atoms with Gasteiger partial charge in [0.1, 0.15) is 5.82 Å². The van der Waals surface area contributed by atoms with Crippen molar-refractivity contribution in [3.63, 3.8) is 0 Å². The molecule has 2 rings (SSSR count). The fourth-order valence-electron chi connectivity index (χ4n) is 2.76. The van der Waals surface area contributed by atoms with E-state index in [0.717, 1.165) is 31.5 Å². The Morgan fingerprint density at radius 1 is 1.27 bits per heavy atom. The number of nitrogens with zero attached hydrogens (tertiary/aromatic N) is 1. The van der Waals surface area contributed by atoms with Gasteiger partial charge in [0.25, 0.3) is 0 Å². The average Bonchev–Trinajstić information content (AvgIpc) is 2.52. The van der Waals surface area contributed by atoms with E-state index in [1.807, 2.05) is 7.05 Å². The number of halogens is 2. The monoisotopic (exact) mass is 328 g/mol. The molecule has 1 aliphatic rings. The van der Waals surface area contributed by atoms with Gasteiger partial charge in [-0.2, -0.15) is 0 Å². The minimum absolute atomic E-state index is 0. The molecule has 1 N–H and O–H groups in total. The minimum atomic E-state index is -0.217. The summed E-state index contributed by atoms with van der Waals surface area (Å²) in [5.41, 5.74) is 1.06. The Morgan fingerprint density at radius 2 is 1.91 bits per heavy atom. The Morgan fingerprint density at radius 3 is 2.55 bits per heavy atom. The maximum absolute atomic E-state index is 12.8. The van der Waals surface area contributed by atoms with Gasteiger partial charge in [0.2, 0.25) is 5.91 Å². The lowest BCUT2D eigenvalue weighted by Gasteiger charge is -2.23. The first kappa shape index (κ1) is 18.9. The third-order valence-corrected chi connectivity index (χ3v) is 4.30. The van der Waals surface area contributed by atoms with Crippen molar-refractivity contribution in [2.45, 2.75) is 32.1 Å². The fraction of sp³-hybridized carbons (Fsp3) is 0.588. The number of hydrogen-bond donors (Lipinski definition) is 1. The summed E-state index contributed by atoms with van der Waals surface area (Å²) in [4.78, 5) is 13.9. The summed E-state index contributed by atoms with van der Waals surface area (Å²) in [6, 6.07) is 6.49. The van der Waals surface area contributed by atoms with Gasteiger partial charge in [0.15, 0.2) is 0 Å². The van der Waals surface area contributed by atoms with Gasteiger partial charge in [-0.15, -0.1) is 12.4 Å². The second kappa shape index (κ2) is 9.80. The summed E-state index contributed by atoms with van der Waals surface area (Å²) in [6.45, 7) is 2.86. The van der Waals surface area contributed by atoms with Gasteiger partial charge in [-0.05, 0) is 62.4 Å². The zero-order chi connectivity index (χ0) is 15.1. The van der Waals surface area contributed by atoms with E-state index in [0.29, 0.717) is 18.9 Å². The molecule has 1 saturated heterocycles. The Balaban J connectivity index is 0.00000242. The van der Waals surface area contributed by atoms with E-state index in [1.165, 1.54) is 25.0 Å². The number of carbonyl (C=O) groups is 1. The third kappa shape index (κ3) is 6.32. The van der Waals surface area contributed by atoms with E-state index < -0.39 is 0 Å². The molecule has 0 atom stereocenters. The Bertz CT molecular complexity index is 446. The third-order valence-electron chi connectivity index (χ3n) is 4.30.